The van der Waals surface area contributed by atoms with Gasteiger partial charge in [0.05, 0.1) is 6.54 Å². The summed E-state index contributed by atoms with van der Waals surface area (Å²) in [6, 6.07) is 7.80. The summed E-state index contributed by atoms with van der Waals surface area (Å²) in [5.74, 6) is 0. The Hall–Kier alpha value is -1.03. The van der Waals surface area contributed by atoms with Crippen molar-refractivity contribution in [2.75, 3.05) is 13.6 Å². The van der Waals surface area contributed by atoms with Crippen LogP contribution in [-0.4, -0.2) is 24.6 Å². The Morgan fingerprint density at radius 1 is 1.47 bits per heavy atom. The van der Waals surface area contributed by atoms with Crippen molar-refractivity contribution in [3.05, 3.63) is 34.3 Å². The van der Waals surface area contributed by atoms with Gasteiger partial charge in [0.1, 0.15) is 0 Å². The molecule has 0 bridgehead atoms. The molecule has 1 aromatic rings. The van der Waals surface area contributed by atoms with Gasteiger partial charge in [-0.15, -0.1) is 0 Å². The average molecular weight is 270 g/mol. The lowest BCUT2D eigenvalue weighted by atomic mass is 9.96. The molecule has 1 unspecified atom stereocenters. The van der Waals surface area contributed by atoms with Crippen LogP contribution in [0, 0.1) is 0 Å². The number of hydrogen-bond donors (Lipinski definition) is 0. The van der Waals surface area contributed by atoms with E-state index in [1.54, 1.807) is 11.9 Å². The second-order valence-corrected chi connectivity index (χ2v) is 4.79. The Morgan fingerprint density at radius 2 is 2.13 bits per heavy atom. The van der Waals surface area contributed by atoms with Gasteiger partial charge in [-0.05, 0) is 13.0 Å². The number of likely N-dealkylation sites (N-methyl/N-ethyl adjacent to an activating group) is 1. The fraction of sp³-hybridized carbons (Fsp3) is 0.364. The molecule has 1 fully saturated rings. The summed E-state index contributed by atoms with van der Waals surface area (Å²) in [7, 11) is 1.74. The molecule has 0 radical (unpaired) electrons. The molecule has 1 heterocycles. The largest absolute Gasteiger partial charge is 0.436 e. The molecule has 1 amide bonds. The van der Waals surface area contributed by atoms with Gasteiger partial charge in [0.15, 0.2) is 5.60 Å². The van der Waals surface area contributed by atoms with Crippen LogP contribution in [0.5, 0.6) is 0 Å². The molecule has 1 aromatic carbocycles. The van der Waals surface area contributed by atoms with E-state index in [0.29, 0.717) is 6.54 Å². The van der Waals surface area contributed by atoms with E-state index < -0.39 is 5.60 Å². The lowest BCUT2D eigenvalue weighted by Gasteiger charge is -2.23. The summed E-state index contributed by atoms with van der Waals surface area (Å²) >= 11 is 3.47. The SMILES string of the molecule is CN1CC(C)(c2ccccc2Br)OC1=O. The van der Waals surface area contributed by atoms with E-state index >= 15 is 0 Å². The number of ether oxygens (including phenoxy) is 1. The highest BCUT2D eigenvalue weighted by Gasteiger charge is 2.41. The molecule has 4 heteroatoms. The van der Waals surface area contributed by atoms with Crippen molar-refractivity contribution in [1.82, 2.24) is 4.90 Å². The zero-order valence-corrected chi connectivity index (χ0v) is 10.2. The number of carbonyl (C=O) groups is 1. The zero-order valence-electron chi connectivity index (χ0n) is 8.66. The standard InChI is InChI=1S/C11H12BrNO2/c1-11(7-13(2)10(14)15-11)8-5-3-4-6-9(8)12/h3-6H,7H2,1-2H3. The van der Waals surface area contributed by atoms with E-state index in [1.807, 2.05) is 31.2 Å². The lowest BCUT2D eigenvalue weighted by molar-refractivity contribution is 0.0696. The van der Waals surface area contributed by atoms with Gasteiger partial charge in [0.25, 0.3) is 0 Å². The van der Waals surface area contributed by atoms with Crippen LogP contribution in [0.15, 0.2) is 28.7 Å². The van der Waals surface area contributed by atoms with Crippen molar-refractivity contribution in [1.29, 1.82) is 0 Å². The van der Waals surface area contributed by atoms with Crippen LogP contribution in [0.25, 0.3) is 0 Å². The van der Waals surface area contributed by atoms with Gasteiger partial charge >= 0.3 is 6.09 Å². The first-order chi connectivity index (χ1) is 7.03. The Labute approximate surface area is 97.2 Å². The van der Waals surface area contributed by atoms with Gasteiger partial charge in [-0.2, -0.15) is 0 Å². The van der Waals surface area contributed by atoms with E-state index in [2.05, 4.69) is 15.9 Å². The van der Waals surface area contributed by atoms with E-state index in [0.717, 1.165) is 10.0 Å². The summed E-state index contributed by atoms with van der Waals surface area (Å²) in [6.45, 7) is 2.50. The van der Waals surface area contributed by atoms with Crippen LogP contribution >= 0.6 is 15.9 Å². The average Bonchev–Trinajstić information content (AvgIpc) is 2.42. The molecule has 0 N–H and O–H groups in total. The quantitative estimate of drug-likeness (QED) is 0.785. The third-order valence-electron chi connectivity index (χ3n) is 2.61. The smallest absolute Gasteiger partial charge is 0.410 e. The fourth-order valence-corrected chi connectivity index (χ4v) is 2.55. The number of carbonyl (C=O) groups excluding carboxylic acids is 1. The molecule has 1 aliphatic rings. The number of benzene rings is 1. The topological polar surface area (TPSA) is 29.5 Å². The van der Waals surface area contributed by atoms with Gasteiger partial charge in [0, 0.05) is 17.1 Å². The predicted molar refractivity (Wildman–Crippen MR) is 60.6 cm³/mol. The normalized spacial score (nSPS) is 25.5. The fourth-order valence-electron chi connectivity index (χ4n) is 1.85. The molecule has 2 rings (SSSR count). The molecule has 15 heavy (non-hydrogen) atoms. The van der Waals surface area contributed by atoms with Crippen LogP contribution in [0.3, 0.4) is 0 Å². The van der Waals surface area contributed by atoms with Crippen molar-refractivity contribution in [3.63, 3.8) is 0 Å². The van der Waals surface area contributed by atoms with Crippen LogP contribution < -0.4 is 0 Å². The minimum atomic E-state index is -0.550. The van der Waals surface area contributed by atoms with Gasteiger partial charge in [-0.3, -0.25) is 0 Å². The Balaban J connectivity index is 2.40. The molecule has 0 spiro atoms. The highest BCUT2D eigenvalue weighted by molar-refractivity contribution is 9.10. The van der Waals surface area contributed by atoms with Crippen LogP contribution in [0.4, 0.5) is 4.79 Å². The molecule has 0 saturated carbocycles. The van der Waals surface area contributed by atoms with Gasteiger partial charge < -0.3 is 9.64 Å². The maximum atomic E-state index is 11.4. The highest BCUT2D eigenvalue weighted by atomic mass is 79.9. The number of hydrogen-bond acceptors (Lipinski definition) is 2. The van der Waals surface area contributed by atoms with Crippen molar-refractivity contribution in [3.8, 4) is 0 Å². The molecule has 1 atom stereocenters. The first-order valence-corrected chi connectivity index (χ1v) is 5.51. The van der Waals surface area contributed by atoms with Gasteiger partial charge in [-0.1, -0.05) is 34.1 Å². The first kappa shape index (κ1) is 10.5. The monoisotopic (exact) mass is 269 g/mol. The summed E-state index contributed by atoms with van der Waals surface area (Å²) < 4.78 is 6.35. The summed E-state index contributed by atoms with van der Waals surface area (Å²) in [5, 5.41) is 0. The molecule has 3 nitrogen and oxygen atoms in total. The van der Waals surface area contributed by atoms with Gasteiger partial charge in [-0.25, -0.2) is 4.79 Å². The molecule has 0 aromatic heterocycles. The maximum Gasteiger partial charge on any atom is 0.410 e. The number of nitrogens with zero attached hydrogens (tertiary/aromatic N) is 1. The van der Waals surface area contributed by atoms with Crippen LogP contribution in [-0.2, 0) is 10.3 Å². The predicted octanol–water partition coefficient (Wildman–Crippen LogP) is 2.75. The zero-order chi connectivity index (χ0) is 11.1. The third-order valence-corrected chi connectivity index (χ3v) is 3.30. The van der Waals surface area contributed by atoms with E-state index in [-0.39, 0.29) is 6.09 Å². The van der Waals surface area contributed by atoms with Crippen molar-refractivity contribution in [2.45, 2.75) is 12.5 Å². The number of rotatable bonds is 1. The molecule has 1 saturated heterocycles. The molecular formula is C11H12BrNO2. The Morgan fingerprint density at radius 3 is 2.67 bits per heavy atom. The second-order valence-electron chi connectivity index (χ2n) is 3.93. The second kappa shape index (κ2) is 3.52. The highest BCUT2D eigenvalue weighted by Crippen LogP contribution is 2.36. The summed E-state index contributed by atoms with van der Waals surface area (Å²) in [5.41, 5.74) is 0.453. The van der Waals surface area contributed by atoms with Crippen molar-refractivity contribution < 1.29 is 9.53 Å². The minimum Gasteiger partial charge on any atom is -0.436 e. The van der Waals surface area contributed by atoms with Gasteiger partial charge in [0.2, 0.25) is 0 Å². The molecular weight excluding hydrogens is 258 g/mol. The first-order valence-electron chi connectivity index (χ1n) is 4.72. The lowest BCUT2D eigenvalue weighted by Crippen LogP contribution is -2.27. The van der Waals surface area contributed by atoms with E-state index in [4.69, 9.17) is 4.74 Å². The van der Waals surface area contributed by atoms with Crippen molar-refractivity contribution >= 4 is 22.0 Å². The summed E-state index contributed by atoms with van der Waals surface area (Å²) in [4.78, 5) is 12.9. The van der Waals surface area contributed by atoms with Crippen LogP contribution in [0.1, 0.15) is 12.5 Å². The van der Waals surface area contributed by atoms with E-state index in [9.17, 15) is 4.79 Å². The Bertz CT molecular complexity index is 407. The molecule has 1 aliphatic heterocycles. The van der Waals surface area contributed by atoms with Crippen molar-refractivity contribution in [2.24, 2.45) is 0 Å². The number of halogens is 1. The Kier molecular flexibility index (Phi) is 2.46. The minimum absolute atomic E-state index is 0.270. The van der Waals surface area contributed by atoms with Crippen LogP contribution in [0.2, 0.25) is 0 Å². The van der Waals surface area contributed by atoms with E-state index in [1.165, 1.54) is 0 Å². The number of amides is 1. The number of cyclic esters (lactones) is 1. The molecule has 0 aliphatic carbocycles. The third kappa shape index (κ3) is 1.74. The molecule has 80 valence electrons. The summed E-state index contributed by atoms with van der Waals surface area (Å²) in [6.07, 6.45) is -0.270. The maximum absolute atomic E-state index is 11.4.